The minimum absolute atomic E-state index is 0.0351. The van der Waals surface area contributed by atoms with Gasteiger partial charge in [0.1, 0.15) is 17.0 Å². The first kappa shape index (κ1) is 18.4. The Kier molecular flexibility index (Phi) is 4.06. The second-order valence-corrected chi connectivity index (χ2v) is 7.77. The molecule has 0 aliphatic carbocycles. The van der Waals surface area contributed by atoms with Gasteiger partial charge in [0, 0.05) is 16.3 Å². The molecule has 0 amide bonds. The number of halogens is 1. The Bertz CT molecular complexity index is 1700. The molecule has 1 aromatic heterocycles. The van der Waals surface area contributed by atoms with Crippen LogP contribution in [0.25, 0.3) is 59.8 Å². The smallest absolute Gasteiger partial charge is 0.222 e. The Labute approximate surface area is 184 Å². The lowest BCUT2D eigenvalue weighted by atomic mass is 9.91. The molecule has 1 heterocycles. The highest BCUT2D eigenvalue weighted by Crippen LogP contribution is 2.39. The Morgan fingerprint density at radius 2 is 1.28 bits per heavy atom. The summed E-state index contributed by atoms with van der Waals surface area (Å²) in [7, 11) is 0. The van der Waals surface area contributed by atoms with Crippen molar-refractivity contribution in [2.24, 2.45) is 0 Å². The van der Waals surface area contributed by atoms with Gasteiger partial charge in [-0.3, -0.25) is 0 Å². The molecule has 0 unspecified atom stereocenters. The third kappa shape index (κ3) is 2.71. The fourth-order valence-electron chi connectivity index (χ4n) is 4.49. The lowest BCUT2D eigenvalue weighted by molar-refractivity contribution is 0.637. The highest BCUT2D eigenvalue weighted by atomic mass is 19.1. The standard InChI is InChI=1S/C29H16FNO/c1-31-26-11-6-10-24(29(26)30)22-15-14-19(20-7-2-3-8-21(20)22)18-13-16-28-25(17-18)23-9-4-5-12-27(23)32-28/h2-17H. The van der Waals surface area contributed by atoms with Crippen LogP contribution in [0.1, 0.15) is 0 Å². The number of rotatable bonds is 2. The van der Waals surface area contributed by atoms with E-state index in [4.69, 9.17) is 11.0 Å². The maximum absolute atomic E-state index is 15.0. The third-order valence-corrected chi connectivity index (χ3v) is 6.00. The SMILES string of the molecule is [C-]#[N+]c1cccc(-c2ccc(-c3ccc4oc5ccccc5c4c3)c3ccccc23)c1F. The first-order valence-corrected chi connectivity index (χ1v) is 10.3. The zero-order valence-corrected chi connectivity index (χ0v) is 17.0. The minimum Gasteiger partial charge on any atom is -0.456 e. The summed E-state index contributed by atoms with van der Waals surface area (Å²) in [6.45, 7) is 7.24. The lowest BCUT2D eigenvalue weighted by Gasteiger charge is -2.13. The number of fused-ring (bicyclic) bond motifs is 4. The van der Waals surface area contributed by atoms with Crippen molar-refractivity contribution >= 4 is 38.4 Å². The van der Waals surface area contributed by atoms with Crippen molar-refractivity contribution in [3.05, 3.63) is 114 Å². The van der Waals surface area contributed by atoms with Crippen molar-refractivity contribution < 1.29 is 8.81 Å². The van der Waals surface area contributed by atoms with Crippen LogP contribution >= 0.6 is 0 Å². The van der Waals surface area contributed by atoms with E-state index in [1.807, 2.05) is 54.6 Å². The summed E-state index contributed by atoms with van der Waals surface area (Å²) in [5.41, 5.74) is 5.12. The largest absolute Gasteiger partial charge is 0.456 e. The van der Waals surface area contributed by atoms with Gasteiger partial charge in [0.25, 0.3) is 0 Å². The number of benzene rings is 5. The highest BCUT2D eigenvalue weighted by Gasteiger charge is 2.15. The number of para-hydroxylation sites is 1. The van der Waals surface area contributed by atoms with Gasteiger partial charge < -0.3 is 4.42 Å². The summed E-state index contributed by atoms with van der Waals surface area (Å²) >= 11 is 0. The van der Waals surface area contributed by atoms with Crippen LogP contribution in [-0.2, 0) is 0 Å². The van der Waals surface area contributed by atoms with Gasteiger partial charge in [-0.15, -0.1) is 0 Å². The van der Waals surface area contributed by atoms with Gasteiger partial charge in [0.05, 0.1) is 6.57 Å². The average molecular weight is 413 g/mol. The average Bonchev–Trinajstić information content (AvgIpc) is 3.22. The Morgan fingerprint density at radius 3 is 2.09 bits per heavy atom. The van der Waals surface area contributed by atoms with E-state index in [9.17, 15) is 4.39 Å². The molecule has 0 bridgehead atoms. The molecule has 0 radical (unpaired) electrons. The van der Waals surface area contributed by atoms with E-state index in [0.29, 0.717) is 5.56 Å². The van der Waals surface area contributed by atoms with Crippen molar-refractivity contribution in [3.8, 4) is 22.3 Å². The fourth-order valence-corrected chi connectivity index (χ4v) is 4.49. The zero-order chi connectivity index (χ0) is 21.7. The fraction of sp³-hybridized carbons (Fsp3) is 0. The van der Waals surface area contributed by atoms with E-state index in [-0.39, 0.29) is 5.69 Å². The molecule has 6 rings (SSSR count). The van der Waals surface area contributed by atoms with Gasteiger partial charge in [-0.25, -0.2) is 9.24 Å². The second-order valence-electron chi connectivity index (χ2n) is 7.77. The lowest BCUT2D eigenvalue weighted by Crippen LogP contribution is -1.89. The van der Waals surface area contributed by atoms with Crippen molar-refractivity contribution in [1.29, 1.82) is 0 Å². The summed E-state index contributed by atoms with van der Waals surface area (Å²) in [6.07, 6.45) is 0. The summed E-state index contributed by atoms with van der Waals surface area (Å²) in [5, 5.41) is 4.14. The predicted molar refractivity (Wildman–Crippen MR) is 128 cm³/mol. The van der Waals surface area contributed by atoms with Gasteiger partial charge in [-0.2, -0.15) is 0 Å². The van der Waals surface area contributed by atoms with Crippen molar-refractivity contribution in [2.75, 3.05) is 0 Å². The van der Waals surface area contributed by atoms with Crippen LogP contribution in [-0.4, -0.2) is 0 Å². The number of nitrogens with zero attached hydrogens (tertiary/aromatic N) is 1. The van der Waals surface area contributed by atoms with Crippen LogP contribution in [0.4, 0.5) is 10.1 Å². The van der Waals surface area contributed by atoms with Gasteiger partial charge in [0.2, 0.25) is 5.69 Å². The van der Waals surface area contributed by atoms with Crippen molar-refractivity contribution in [1.82, 2.24) is 0 Å². The molecule has 150 valence electrons. The summed E-state index contributed by atoms with van der Waals surface area (Å²) in [4.78, 5) is 3.32. The molecule has 0 aliphatic heterocycles. The molecule has 5 aromatic carbocycles. The van der Waals surface area contributed by atoms with Crippen molar-refractivity contribution in [3.63, 3.8) is 0 Å². The number of hydrogen-bond acceptors (Lipinski definition) is 1. The van der Waals surface area contributed by atoms with Crippen LogP contribution < -0.4 is 0 Å². The maximum Gasteiger partial charge on any atom is 0.222 e. The van der Waals surface area contributed by atoms with Crippen molar-refractivity contribution in [2.45, 2.75) is 0 Å². The van der Waals surface area contributed by atoms with E-state index >= 15 is 0 Å². The topological polar surface area (TPSA) is 17.5 Å². The molecule has 0 saturated carbocycles. The highest BCUT2D eigenvalue weighted by molar-refractivity contribution is 6.09. The third-order valence-electron chi connectivity index (χ3n) is 6.00. The van der Waals surface area contributed by atoms with Crippen LogP contribution in [0.15, 0.2) is 101 Å². The molecule has 0 atom stereocenters. The molecule has 3 heteroatoms. The Hall–Kier alpha value is -4.42. The Balaban J connectivity index is 1.60. The van der Waals surface area contributed by atoms with Crippen LogP contribution in [0.2, 0.25) is 0 Å². The van der Waals surface area contributed by atoms with E-state index in [1.54, 1.807) is 12.1 Å². The van der Waals surface area contributed by atoms with E-state index in [2.05, 4.69) is 29.1 Å². The van der Waals surface area contributed by atoms with Gasteiger partial charge in [-0.05, 0) is 45.7 Å². The second kappa shape index (κ2) is 7.08. The molecule has 0 fully saturated rings. The molecule has 6 aromatic rings. The van der Waals surface area contributed by atoms with Crippen LogP contribution in [0, 0.1) is 12.4 Å². The Morgan fingerprint density at radius 1 is 0.594 bits per heavy atom. The van der Waals surface area contributed by atoms with Gasteiger partial charge >= 0.3 is 0 Å². The number of furan rings is 1. The maximum atomic E-state index is 15.0. The predicted octanol–water partition coefficient (Wildman–Crippen LogP) is 8.76. The monoisotopic (exact) mass is 413 g/mol. The first-order chi connectivity index (χ1) is 15.7. The molecule has 0 spiro atoms. The van der Waals surface area contributed by atoms with E-state index in [1.165, 1.54) is 6.07 Å². The van der Waals surface area contributed by atoms with Gasteiger partial charge in [0.15, 0.2) is 0 Å². The molecule has 2 nitrogen and oxygen atoms in total. The normalized spacial score (nSPS) is 11.2. The number of hydrogen-bond donors (Lipinski definition) is 0. The van der Waals surface area contributed by atoms with E-state index < -0.39 is 5.82 Å². The summed E-state index contributed by atoms with van der Waals surface area (Å²) in [6, 6.07) is 31.2. The molecular weight excluding hydrogens is 397 g/mol. The quantitative estimate of drug-likeness (QED) is 0.259. The van der Waals surface area contributed by atoms with E-state index in [0.717, 1.165) is 49.4 Å². The van der Waals surface area contributed by atoms with Crippen LogP contribution in [0.3, 0.4) is 0 Å². The van der Waals surface area contributed by atoms with Crippen LogP contribution in [0.5, 0.6) is 0 Å². The molecule has 0 saturated heterocycles. The summed E-state index contributed by atoms with van der Waals surface area (Å²) < 4.78 is 21.0. The minimum atomic E-state index is -0.480. The summed E-state index contributed by atoms with van der Waals surface area (Å²) in [5.74, 6) is -0.480. The molecule has 0 aliphatic rings. The molecule has 0 N–H and O–H groups in total. The van der Waals surface area contributed by atoms with Gasteiger partial charge in [-0.1, -0.05) is 78.9 Å². The molecule has 32 heavy (non-hydrogen) atoms. The zero-order valence-electron chi connectivity index (χ0n) is 17.0. The molecular formula is C29H16FNO. The first-order valence-electron chi connectivity index (χ1n) is 10.3.